The van der Waals surface area contributed by atoms with E-state index < -0.39 is 0 Å². The zero-order valence-electron chi connectivity index (χ0n) is 26.5. The van der Waals surface area contributed by atoms with Crippen molar-refractivity contribution in [3.05, 3.63) is 118 Å². The lowest BCUT2D eigenvalue weighted by Gasteiger charge is -2.09. The predicted octanol–water partition coefficient (Wildman–Crippen LogP) is 4.62. The fraction of sp³-hybridized carbons (Fsp3) is 0.200. The molecule has 0 unspecified atom stereocenters. The second-order valence-corrected chi connectivity index (χ2v) is 12.3. The molecule has 6 heterocycles. The first kappa shape index (κ1) is 28.8. The number of rotatable bonds is 6. The molecule has 0 bridgehead atoms. The first-order valence-corrected chi connectivity index (χ1v) is 16.2. The fourth-order valence-corrected chi connectivity index (χ4v) is 6.20. The van der Waals surface area contributed by atoms with Crippen LogP contribution in [-0.4, -0.2) is 58.6 Å². The number of aromatic amines is 1. The molecule has 14 heteroatoms. The molecule has 0 saturated heterocycles. The maximum atomic E-state index is 12.8. The standard InChI is InChI=1S/C18H16N6O.C17H14N6O/c1-22-15-7-3-2-5-13(15)18(25)24(22)16-8-4-6-14(20-16)17-21-19-11-23(17)12-9-10-12;24-17-12-4-1-2-5-13(12)21-23(17)15-7-3-6-14(19-15)16-20-18-10-22(16)11-8-9-11/h2-8,11-12H,9-10H2,1H3;1-7,10-11,21H,8-9H2. The Morgan fingerprint density at radius 2 is 1.20 bits per heavy atom. The number of pyridine rings is 2. The van der Waals surface area contributed by atoms with E-state index in [1.807, 2.05) is 84.5 Å². The Kier molecular flexibility index (Phi) is 6.67. The molecule has 8 aromatic rings. The number of aromatic nitrogens is 12. The van der Waals surface area contributed by atoms with Gasteiger partial charge in [-0.1, -0.05) is 36.4 Å². The number of H-pyrrole nitrogens is 1. The number of nitrogens with zero attached hydrogens (tertiary/aromatic N) is 11. The summed E-state index contributed by atoms with van der Waals surface area (Å²) in [6.07, 6.45) is 8.08. The van der Waals surface area contributed by atoms with Crippen LogP contribution in [-0.2, 0) is 7.05 Å². The predicted molar refractivity (Wildman–Crippen MR) is 183 cm³/mol. The molecule has 14 nitrogen and oxygen atoms in total. The minimum atomic E-state index is -0.112. The Morgan fingerprint density at radius 3 is 1.82 bits per heavy atom. The Bertz CT molecular complexity index is 2610. The van der Waals surface area contributed by atoms with Crippen LogP contribution in [0.5, 0.6) is 0 Å². The van der Waals surface area contributed by atoms with Crippen molar-refractivity contribution in [2.75, 3.05) is 0 Å². The normalized spacial score (nSPS) is 14.3. The highest BCUT2D eigenvalue weighted by atomic mass is 16.1. The molecule has 0 radical (unpaired) electrons. The van der Waals surface area contributed by atoms with E-state index in [4.69, 9.17) is 4.98 Å². The zero-order chi connectivity index (χ0) is 33.1. The maximum Gasteiger partial charge on any atom is 0.280 e. The molecule has 2 fully saturated rings. The first-order valence-electron chi connectivity index (χ1n) is 16.2. The molecule has 2 aliphatic carbocycles. The highest BCUT2D eigenvalue weighted by molar-refractivity contribution is 5.79. The lowest BCUT2D eigenvalue weighted by molar-refractivity contribution is 0.652. The summed E-state index contributed by atoms with van der Waals surface area (Å²) in [7, 11) is 1.87. The van der Waals surface area contributed by atoms with E-state index in [1.54, 1.807) is 29.5 Å². The minimum Gasteiger partial charge on any atom is -0.309 e. The van der Waals surface area contributed by atoms with E-state index in [2.05, 4.69) is 39.6 Å². The fourth-order valence-electron chi connectivity index (χ4n) is 6.20. The lowest BCUT2D eigenvalue weighted by atomic mass is 10.2. The van der Waals surface area contributed by atoms with Gasteiger partial charge in [0.2, 0.25) is 0 Å². The highest BCUT2D eigenvalue weighted by Gasteiger charge is 2.28. The first-order chi connectivity index (χ1) is 24.0. The zero-order valence-corrected chi connectivity index (χ0v) is 26.5. The van der Waals surface area contributed by atoms with Crippen molar-refractivity contribution in [2.24, 2.45) is 7.05 Å². The largest absolute Gasteiger partial charge is 0.309 e. The summed E-state index contributed by atoms with van der Waals surface area (Å²) >= 11 is 0. The van der Waals surface area contributed by atoms with Gasteiger partial charge >= 0.3 is 0 Å². The number of hydrogen-bond donors (Lipinski definition) is 1. The van der Waals surface area contributed by atoms with E-state index in [1.165, 1.54) is 4.68 Å². The van der Waals surface area contributed by atoms with Crippen LogP contribution in [0.4, 0.5) is 0 Å². The monoisotopic (exact) mass is 650 g/mol. The number of benzene rings is 2. The van der Waals surface area contributed by atoms with Gasteiger partial charge in [0.15, 0.2) is 23.3 Å². The van der Waals surface area contributed by atoms with Gasteiger partial charge in [-0.3, -0.25) is 19.4 Å². The SMILES string of the molecule is Cn1c2ccccc2c(=O)n1-c1cccc(-c2nncn2C2CC2)n1.O=c1c2ccccc2[nH]n1-c1cccc(-c2nncn2C2CC2)n1. The molecule has 10 rings (SSSR count). The molecule has 2 aliphatic rings. The van der Waals surface area contributed by atoms with Crippen molar-refractivity contribution < 1.29 is 0 Å². The van der Waals surface area contributed by atoms with Crippen LogP contribution in [0, 0.1) is 0 Å². The van der Waals surface area contributed by atoms with E-state index in [9.17, 15) is 9.59 Å². The topological polar surface area (TPSA) is 152 Å². The quantitative estimate of drug-likeness (QED) is 0.274. The van der Waals surface area contributed by atoms with Crippen LogP contribution in [0.2, 0.25) is 0 Å². The highest BCUT2D eigenvalue weighted by Crippen LogP contribution is 2.38. The van der Waals surface area contributed by atoms with Crippen LogP contribution in [0.15, 0.2) is 107 Å². The summed E-state index contributed by atoms with van der Waals surface area (Å²) in [6, 6.07) is 27.1. The molecule has 6 aromatic heterocycles. The molecule has 0 spiro atoms. The summed E-state index contributed by atoms with van der Waals surface area (Å²) in [5.41, 5.74) is 2.91. The Balaban J connectivity index is 0.000000133. The summed E-state index contributed by atoms with van der Waals surface area (Å²) < 4.78 is 9.00. The van der Waals surface area contributed by atoms with Gasteiger partial charge in [-0.15, -0.1) is 20.4 Å². The lowest BCUT2D eigenvalue weighted by Crippen LogP contribution is -2.20. The summed E-state index contributed by atoms with van der Waals surface area (Å²) in [5.74, 6) is 2.60. The molecular weight excluding hydrogens is 620 g/mol. The average Bonchev–Trinajstić information content (AvgIpc) is 4.01. The van der Waals surface area contributed by atoms with Crippen molar-refractivity contribution in [1.29, 1.82) is 0 Å². The second kappa shape index (κ2) is 11.4. The van der Waals surface area contributed by atoms with Gasteiger partial charge in [-0.25, -0.2) is 14.6 Å². The minimum absolute atomic E-state index is 0.0774. The van der Waals surface area contributed by atoms with Gasteiger partial charge in [0, 0.05) is 19.1 Å². The van der Waals surface area contributed by atoms with Crippen molar-refractivity contribution >= 4 is 21.8 Å². The van der Waals surface area contributed by atoms with Crippen LogP contribution < -0.4 is 11.1 Å². The summed E-state index contributed by atoms with van der Waals surface area (Å²) in [4.78, 5) is 34.7. The number of nitrogens with one attached hydrogen (secondary N) is 1. The van der Waals surface area contributed by atoms with Gasteiger partial charge in [-0.05, 0) is 74.2 Å². The van der Waals surface area contributed by atoms with Gasteiger partial charge in [0.25, 0.3) is 11.1 Å². The molecule has 2 saturated carbocycles. The van der Waals surface area contributed by atoms with E-state index in [0.29, 0.717) is 40.2 Å². The van der Waals surface area contributed by atoms with Gasteiger partial charge < -0.3 is 9.13 Å². The molecule has 242 valence electrons. The third-order valence-electron chi connectivity index (χ3n) is 8.97. The van der Waals surface area contributed by atoms with Gasteiger partial charge in [-0.2, -0.15) is 4.68 Å². The molecule has 49 heavy (non-hydrogen) atoms. The van der Waals surface area contributed by atoms with Crippen molar-refractivity contribution in [1.82, 2.24) is 58.6 Å². The molecule has 1 N–H and O–H groups in total. The van der Waals surface area contributed by atoms with Crippen molar-refractivity contribution in [3.8, 4) is 34.7 Å². The molecule has 0 atom stereocenters. The average molecular weight is 651 g/mol. The van der Waals surface area contributed by atoms with Gasteiger partial charge in [0.1, 0.15) is 24.0 Å². The smallest absolute Gasteiger partial charge is 0.280 e. The third-order valence-corrected chi connectivity index (χ3v) is 8.97. The molecule has 0 amide bonds. The van der Waals surface area contributed by atoms with Gasteiger partial charge in [0.05, 0.1) is 21.8 Å². The third kappa shape index (κ3) is 5.04. The Morgan fingerprint density at radius 1 is 0.633 bits per heavy atom. The van der Waals surface area contributed by atoms with Crippen LogP contribution in [0.3, 0.4) is 0 Å². The Hall–Kier alpha value is -6.44. The number of para-hydroxylation sites is 2. The van der Waals surface area contributed by atoms with Crippen LogP contribution >= 0.6 is 0 Å². The summed E-state index contributed by atoms with van der Waals surface area (Å²) in [6.45, 7) is 0. The second-order valence-electron chi connectivity index (χ2n) is 12.3. The summed E-state index contributed by atoms with van der Waals surface area (Å²) in [5, 5.41) is 20.9. The molecular formula is C35H30N12O2. The number of fused-ring (bicyclic) bond motifs is 2. The maximum absolute atomic E-state index is 12.8. The van der Waals surface area contributed by atoms with E-state index in [-0.39, 0.29) is 11.1 Å². The molecule has 0 aliphatic heterocycles. The van der Waals surface area contributed by atoms with Crippen LogP contribution in [0.25, 0.3) is 56.5 Å². The molecule has 2 aromatic carbocycles. The number of hydrogen-bond acceptors (Lipinski definition) is 8. The van der Waals surface area contributed by atoms with E-state index >= 15 is 0 Å². The van der Waals surface area contributed by atoms with Crippen LogP contribution in [0.1, 0.15) is 37.8 Å². The van der Waals surface area contributed by atoms with E-state index in [0.717, 1.165) is 54.1 Å². The van der Waals surface area contributed by atoms with Crippen molar-refractivity contribution in [2.45, 2.75) is 37.8 Å². The Labute approximate surface area is 277 Å². The van der Waals surface area contributed by atoms with Crippen molar-refractivity contribution in [3.63, 3.8) is 0 Å². The number of aryl methyl sites for hydroxylation is 1.